The van der Waals surface area contributed by atoms with Gasteiger partial charge in [0.15, 0.2) is 5.82 Å². The van der Waals surface area contributed by atoms with Crippen LogP contribution >= 0.6 is 0 Å². The molecule has 2 aromatic heterocycles. The van der Waals surface area contributed by atoms with Gasteiger partial charge in [0, 0.05) is 0 Å². The molecule has 0 spiro atoms. The molecule has 0 aliphatic carbocycles. The van der Waals surface area contributed by atoms with Crippen LogP contribution in [-0.2, 0) is 5.54 Å². The van der Waals surface area contributed by atoms with Crippen LogP contribution in [0.15, 0.2) is 27.5 Å². The summed E-state index contributed by atoms with van der Waals surface area (Å²) >= 11 is 0. The van der Waals surface area contributed by atoms with Crippen molar-refractivity contribution in [2.75, 3.05) is 0 Å². The maximum Gasteiger partial charge on any atom is 0.261 e. The van der Waals surface area contributed by atoms with Crippen LogP contribution in [0.1, 0.15) is 19.7 Å². The van der Waals surface area contributed by atoms with Crippen molar-refractivity contribution in [3.63, 3.8) is 0 Å². The third-order valence-electron chi connectivity index (χ3n) is 1.77. The first kappa shape index (κ1) is 8.96. The number of hydrogen-bond donors (Lipinski definition) is 1. The quantitative estimate of drug-likeness (QED) is 0.782. The Morgan fingerprint density at radius 3 is 2.71 bits per heavy atom. The van der Waals surface area contributed by atoms with Gasteiger partial charge in [-0.3, -0.25) is 0 Å². The number of nitrogens with zero attached hydrogens (tertiary/aromatic N) is 2. The van der Waals surface area contributed by atoms with E-state index in [2.05, 4.69) is 10.1 Å². The van der Waals surface area contributed by atoms with Crippen LogP contribution < -0.4 is 5.73 Å². The molecule has 2 heterocycles. The van der Waals surface area contributed by atoms with Gasteiger partial charge in [-0.15, -0.1) is 0 Å². The van der Waals surface area contributed by atoms with Crippen molar-refractivity contribution >= 4 is 0 Å². The predicted molar refractivity (Wildman–Crippen MR) is 49.2 cm³/mol. The second-order valence-electron chi connectivity index (χ2n) is 3.66. The van der Waals surface area contributed by atoms with Crippen molar-refractivity contribution < 1.29 is 8.94 Å². The van der Waals surface area contributed by atoms with E-state index in [0.717, 1.165) is 5.56 Å². The number of furan rings is 1. The Labute approximate surface area is 80.9 Å². The molecule has 0 radical (unpaired) electrons. The molecule has 0 unspecified atom stereocenters. The van der Waals surface area contributed by atoms with E-state index in [-0.39, 0.29) is 0 Å². The second-order valence-corrected chi connectivity index (χ2v) is 3.66. The Bertz CT molecular complexity index is 411. The summed E-state index contributed by atoms with van der Waals surface area (Å²) in [6, 6.07) is 1.75. The molecule has 2 N–H and O–H groups in total. The smallest absolute Gasteiger partial charge is 0.261 e. The first-order chi connectivity index (χ1) is 6.57. The van der Waals surface area contributed by atoms with Crippen molar-refractivity contribution in [2.24, 2.45) is 5.73 Å². The first-order valence-corrected chi connectivity index (χ1v) is 4.23. The fraction of sp³-hybridized carbons (Fsp3) is 0.333. The molecule has 2 aromatic rings. The van der Waals surface area contributed by atoms with Crippen LogP contribution in [-0.4, -0.2) is 10.1 Å². The molecule has 0 fully saturated rings. The summed E-state index contributed by atoms with van der Waals surface area (Å²) in [4.78, 5) is 4.16. The van der Waals surface area contributed by atoms with Crippen LogP contribution in [0, 0.1) is 0 Å². The molecule has 74 valence electrons. The van der Waals surface area contributed by atoms with E-state index in [4.69, 9.17) is 14.7 Å². The molecule has 0 aromatic carbocycles. The lowest BCUT2D eigenvalue weighted by Crippen LogP contribution is -2.30. The van der Waals surface area contributed by atoms with Gasteiger partial charge in [0.1, 0.15) is 6.26 Å². The van der Waals surface area contributed by atoms with E-state index in [0.29, 0.717) is 11.7 Å². The van der Waals surface area contributed by atoms with Gasteiger partial charge in [-0.25, -0.2) is 0 Å². The number of nitrogens with two attached hydrogens (primary N) is 1. The van der Waals surface area contributed by atoms with Crippen LogP contribution in [0.5, 0.6) is 0 Å². The van der Waals surface area contributed by atoms with Gasteiger partial charge in [0.2, 0.25) is 0 Å². The average Bonchev–Trinajstić information content (AvgIpc) is 2.73. The van der Waals surface area contributed by atoms with Gasteiger partial charge < -0.3 is 14.7 Å². The van der Waals surface area contributed by atoms with Crippen LogP contribution in [0.3, 0.4) is 0 Å². The van der Waals surface area contributed by atoms with Gasteiger partial charge in [-0.2, -0.15) is 4.98 Å². The highest BCUT2D eigenvalue weighted by atomic mass is 16.5. The molecule has 0 atom stereocenters. The monoisotopic (exact) mass is 193 g/mol. The van der Waals surface area contributed by atoms with Crippen molar-refractivity contribution in [1.29, 1.82) is 0 Å². The number of hydrogen-bond acceptors (Lipinski definition) is 5. The highest BCUT2D eigenvalue weighted by molar-refractivity contribution is 5.49. The van der Waals surface area contributed by atoms with Crippen LogP contribution in [0.2, 0.25) is 0 Å². The zero-order valence-corrected chi connectivity index (χ0v) is 8.02. The topological polar surface area (TPSA) is 78.1 Å². The Morgan fingerprint density at radius 1 is 1.43 bits per heavy atom. The third-order valence-corrected chi connectivity index (χ3v) is 1.77. The van der Waals surface area contributed by atoms with Gasteiger partial charge in [-0.1, -0.05) is 5.16 Å². The molecule has 0 amide bonds. The Kier molecular flexibility index (Phi) is 1.89. The zero-order chi connectivity index (χ0) is 10.2. The summed E-state index contributed by atoms with van der Waals surface area (Å²) in [5, 5.41) is 3.79. The van der Waals surface area contributed by atoms with E-state index in [1.54, 1.807) is 18.6 Å². The fourth-order valence-corrected chi connectivity index (χ4v) is 0.989. The molecule has 5 nitrogen and oxygen atoms in total. The minimum atomic E-state index is -0.592. The van der Waals surface area contributed by atoms with Crippen molar-refractivity contribution in [3.05, 3.63) is 24.4 Å². The summed E-state index contributed by atoms with van der Waals surface area (Å²) in [7, 11) is 0. The summed E-state index contributed by atoms with van der Waals surface area (Å²) in [6.45, 7) is 3.63. The minimum absolute atomic E-state index is 0.423. The SMILES string of the molecule is CC(C)(N)c1noc(-c2ccoc2)n1. The molecule has 0 saturated heterocycles. The molecule has 0 bridgehead atoms. The third kappa shape index (κ3) is 1.54. The van der Waals surface area contributed by atoms with Crippen molar-refractivity contribution in [3.8, 4) is 11.5 Å². The van der Waals surface area contributed by atoms with Crippen molar-refractivity contribution in [2.45, 2.75) is 19.4 Å². The molecule has 0 aliphatic rings. The van der Waals surface area contributed by atoms with E-state index < -0.39 is 5.54 Å². The minimum Gasteiger partial charge on any atom is -0.472 e. The maximum absolute atomic E-state index is 5.82. The lowest BCUT2D eigenvalue weighted by Gasteiger charge is -2.11. The normalized spacial score (nSPS) is 11.9. The highest BCUT2D eigenvalue weighted by Crippen LogP contribution is 2.20. The van der Waals surface area contributed by atoms with Crippen LogP contribution in [0.4, 0.5) is 0 Å². The lowest BCUT2D eigenvalue weighted by molar-refractivity contribution is 0.397. The van der Waals surface area contributed by atoms with Crippen LogP contribution in [0.25, 0.3) is 11.5 Å². The lowest BCUT2D eigenvalue weighted by atomic mass is 10.1. The molecular weight excluding hydrogens is 182 g/mol. The molecule has 5 heteroatoms. The molecule has 0 saturated carbocycles. The first-order valence-electron chi connectivity index (χ1n) is 4.23. The van der Waals surface area contributed by atoms with E-state index >= 15 is 0 Å². The highest BCUT2D eigenvalue weighted by Gasteiger charge is 2.22. The summed E-state index contributed by atoms with van der Waals surface area (Å²) in [6.07, 6.45) is 3.09. The number of rotatable bonds is 2. The van der Waals surface area contributed by atoms with E-state index in [1.165, 1.54) is 0 Å². The predicted octanol–water partition coefficient (Wildman–Crippen LogP) is 1.52. The Hall–Kier alpha value is -1.62. The molecule has 2 rings (SSSR count). The second kappa shape index (κ2) is 2.95. The summed E-state index contributed by atoms with van der Waals surface area (Å²) in [5.41, 5.74) is 5.98. The van der Waals surface area contributed by atoms with Crippen molar-refractivity contribution in [1.82, 2.24) is 10.1 Å². The molecule has 14 heavy (non-hydrogen) atoms. The molecular formula is C9H11N3O2. The van der Waals surface area contributed by atoms with E-state index in [1.807, 2.05) is 13.8 Å². The zero-order valence-electron chi connectivity index (χ0n) is 8.02. The Balaban J connectivity index is 2.36. The average molecular weight is 193 g/mol. The largest absolute Gasteiger partial charge is 0.472 e. The van der Waals surface area contributed by atoms with Gasteiger partial charge >= 0.3 is 0 Å². The van der Waals surface area contributed by atoms with Gasteiger partial charge in [0.05, 0.1) is 17.4 Å². The summed E-state index contributed by atoms with van der Waals surface area (Å²) < 4.78 is 9.94. The number of aromatic nitrogens is 2. The fourth-order valence-electron chi connectivity index (χ4n) is 0.989. The van der Waals surface area contributed by atoms with E-state index in [9.17, 15) is 0 Å². The molecule has 0 aliphatic heterocycles. The summed E-state index contributed by atoms with van der Waals surface area (Å²) in [5.74, 6) is 0.904. The standard InChI is InChI=1S/C9H11N3O2/c1-9(2,10)8-11-7(14-12-8)6-3-4-13-5-6/h3-5H,10H2,1-2H3. The Morgan fingerprint density at radius 2 is 2.21 bits per heavy atom. The van der Waals surface area contributed by atoms with Gasteiger partial charge in [0.25, 0.3) is 5.89 Å². The van der Waals surface area contributed by atoms with Gasteiger partial charge in [-0.05, 0) is 19.9 Å². The maximum atomic E-state index is 5.82.